The highest BCUT2D eigenvalue weighted by Gasteiger charge is 2.19. The highest BCUT2D eigenvalue weighted by molar-refractivity contribution is 6.30. The van der Waals surface area contributed by atoms with Crippen molar-refractivity contribution in [2.75, 3.05) is 39.3 Å². The highest BCUT2D eigenvalue weighted by atomic mass is 35.5. The quantitative estimate of drug-likeness (QED) is 0.399. The van der Waals surface area contributed by atoms with E-state index in [2.05, 4.69) is 4.90 Å². The number of hydrogen-bond acceptors (Lipinski definition) is 6. The Hall–Kier alpha value is -2.84. The topological polar surface area (TPSA) is 89.1 Å². The Labute approximate surface area is 167 Å². The van der Waals surface area contributed by atoms with E-state index in [4.69, 9.17) is 20.8 Å². The monoisotopic (exact) mass is 405 g/mol. The molecular formula is C19H20ClN3O5. The zero-order chi connectivity index (χ0) is 19.9. The van der Waals surface area contributed by atoms with Crippen LogP contribution in [-0.2, 0) is 4.79 Å². The van der Waals surface area contributed by atoms with E-state index >= 15 is 0 Å². The van der Waals surface area contributed by atoms with Crippen molar-refractivity contribution < 1.29 is 18.9 Å². The Morgan fingerprint density at radius 3 is 2.54 bits per heavy atom. The number of carbonyl (C=O) groups excluding carboxylic acids is 1. The highest BCUT2D eigenvalue weighted by Crippen LogP contribution is 2.17. The SMILES string of the molecule is O=C(/C=C/c1ccc([N+](=O)[O-])o1)N1CCN(CCOc2ccc(Cl)cc2)CC1. The van der Waals surface area contributed by atoms with Gasteiger partial charge in [0.05, 0.1) is 6.07 Å². The van der Waals surface area contributed by atoms with Crippen LogP contribution in [0, 0.1) is 10.1 Å². The van der Waals surface area contributed by atoms with E-state index in [1.54, 1.807) is 17.0 Å². The molecule has 8 nitrogen and oxygen atoms in total. The Morgan fingerprint density at radius 1 is 1.18 bits per heavy atom. The van der Waals surface area contributed by atoms with Crippen LogP contribution in [0.3, 0.4) is 0 Å². The van der Waals surface area contributed by atoms with Crippen molar-refractivity contribution in [2.24, 2.45) is 0 Å². The van der Waals surface area contributed by atoms with E-state index in [0.29, 0.717) is 24.7 Å². The van der Waals surface area contributed by atoms with Gasteiger partial charge in [-0.3, -0.25) is 19.8 Å². The molecule has 1 amide bonds. The van der Waals surface area contributed by atoms with Gasteiger partial charge < -0.3 is 14.1 Å². The van der Waals surface area contributed by atoms with E-state index < -0.39 is 4.92 Å². The minimum atomic E-state index is -0.616. The molecule has 1 fully saturated rings. The summed E-state index contributed by atoms with van der Waals surface area (Å²) in [4.78, 5) is 26.2. The summed E-state index contributed by atoms with van der Waals surface area (Å²) < 4.78 is 10.7. The molecule has 1 aliphatic heterocycles. The number of piperazine rings is 1. The van der Waals surface area contributed by atoms with Gasteiger partial charge in [0.1, 0.15) is 23.0 Å². The summed E-state index contributed by atoms with van der Waals surface area (Å²) >= 11 is 5.84. The summed E-state index contributed by atoms with van der Waals surface area (Å²) in [5.41, 5.74) is 0. The van der Waals surface area contributed by atoms with Gasteiger partial charge in [-0.15, -0.1) is 0 Å². The van der Waals surface area contributed by atoms with Crippen LogP contribution in [0.15, 0.2) is 46.9 Å². The molecule has 0 saturated carbocycles. The second-order valence-electron chi connectivity index (χ2n) is 6.24. The molecule has 3 rings (SSSR count). The second kappa shape index (κ2) is 9.38. The van der Waals surface area contributed by atoms with Crippen molar-refractivity contribution in [3.63, 3.8) is 0 Å². The van der Waals surface area contributed by atoms with Crippen molar-refractivity contribution >= 4 is 29.5 Å². The summed E-state index contributed by atoms with van der Waals surface area (Å²) in [6, 6.07) is 9.96. The minimum Gasteiger partial charge on any atom is -0.492 e. The standard InChI is InChI=1S/C19H20ClN3O5/c20-15-1-3-16(4-2-15)27-14-13-21-9-11-22(12-10-21)18(24)7-5-17-6-8-19(28-17)23(25)26/h1-8H,9-14H2/b7-5+. The Balaban J connectivity index is 1.39. The van der Waals surface area contributed by atoms with Crippen LogP contribution in [0.25, 0.3) is 6.08 Å². The Bertz CT molecular complexity index is 842. The summed E-state index contributed by atoms with van der Waals surface area (Å²) in [5.74, 6) is 0.567. The summed E-state index contributed by atoms with van der Waals surface area (Å²) in [7, 11) is 0. The summed E-state index contributed by atoms with van der Waals surface area (Å²) in [6.45, 7) is 4.08. The van der Waals surface area contributed by atoms with Crippen molar-refractivity contribution in [3.05, 3.63) is 63.4 Å². The molecule has 0 aliphatic carbocycles. The fraction of sp³-hybridized carbons (Fsp3) is 0.316. The van der Waals surface area contributed by atoms with E-state index in [1.165, 1.54) is 24.3 Å². The summed E-state index contributed by atoms with van der Waals surface area (Å²) in [6.07, 6.45) is 2.82. The average Bonchev–Trinajstić information content (AvgIpc) is 3.18. The summed E-state index contributed by atoms with van der Waals surface area (Å²) in [5, 5.41) is 11.3. The number of amides is 1. The molecule has 1 aliphatic rings. The molecule has 0 bridgehead atoms. The fourth-order valence-electron chi connectivity index (χ4n) is 2.80. The molecule has 0 spiro atoms. The number of rotatable bonds is 7. The lowest BCUT2D eigenvalue weighted by Crippen LogP contribution is -2.49. The molecule has 1 aromatic carbocycles. The first-order chi connectivity index (χ1) is 13.5. The number of hydrogen-bond donors (Lipinski definition) is 0. The molecule has 0 N–H and O–H groups in total. The van der Waals surface area contributed by atoms with Crippen LogP contribution < -0.4 is 4.74 Å². The minimum absolute atomic E-state index is 0.142. The van der Waals surface area contributed by atoms with Crippen molar-refractivity contribution in [2.45, 2.75) is 0 Å². The second-order valence-corrected chi connectivity index (χ2v) is 6.67. The molecule has 0 radical (unpaired) electrons. The Morgan fingerprint density at radius 2 is 1.89 bits per heavy atom. The van der Waals surface area contributed by atoms with E-state index in [9.17, 15) is 14.9 Å². The Kier molecular flexibility index (Phi) is 6.67. The zero-order valence-electron chi connectivity index (χ0n) is 15.1. The van der Waals surface area contributed by atoms with Gasteiger partial charge in [0, 0.05) is 43.8 Å². The maximum Gasteiger partial charge on any atom is 0.433 e. The molecular weight excluding hydrogens is 386 g/mol. The first-order valence-corrected chi connectivity index (χ1v) is 9.21. The van der Waals surface area contributed by atoms with Crippen molar-refractivity contribution in [1.82, 2.24) is 9.80 Å². The third kappa shape index (κ3) is 5.58. The first-order valence-electron chi connectivity index (χ1n) is 8.83. The molecule has 1 aromatic heterocycles. The number of furan rings is 1. The van der Waals surface area contributed by atoms with Gasteiger partial charge >= 0.3 is 5.88 Å². The maximum absolute atomic E-state index is 12.3. The first kappa shape index (κ1) is 19.9. The molecule has 1 saturated heterocycles. The molecule has 148 valence electrons. The number of nitro groups is 1. The normalized spacial score (nSPS) is 15.1. The molecule has 2 aromatic rings. The van der Waals surface area contributed by atoms with Crippen LogP contribution in [0.1, 0.15) is 5.76 Å². The lowest BCUT2D eigenvalue weighted by atomic mass is 10.3. The third-order valence-corrected chi connectivity index (χ3v) is 4.61. The zero-order valence-corrected chi connectivity index (χ0v) is 15.9. The maximum atomic E-state index is 12.3. The van der Waals surface area contributed by atoms with Crippen LogP contribution in [0.4, 0.5) is 5.88 Å². The fourth-order valence-corrected chi connectivity index (χ4v) is 2.93. The van der Waals surface area contributed by atoms with Gasteiger partial charge in [0.25, 0.3) is 0 Å². The van der Waals surface area contributed by atoms with Gasteiger partial charge in [-0.2, -0.15) is 0 Å². The lowest BCUT2D eigenvalue weighted by molar-refractivity contribution is -0.402. The van der Waals surface area contributed by atoms with E-state index in [1.807, 2.05) is 12.1 Å². The predicted molar refractivity (Wildman–Crippen MR) is 104 cm³/mol. The van der Waals surface area contributed by atoms with Crippen molar-refractivity contribution in [1.29, 1.82) is 0 Å². The molecule has 0 unspecified atom stereocenters. The third-order valence-electron chi connectivity index (χ3n) is 4.36. The van der Waals surface area contributed by atoms with Gasteiger partial charge in [0.15, 0.2) is 0 Å². The number of halogens is 1. The molecule has 0 atom stereocenters. The van der Waals surface area contributed by atoms with Crippen LogP contribution >= 0.6 is 11.6 Å². The predicted octanol–water partition coefficient (Wildman–Crippen LogP) is 3.08. The number of carbonyl (C=O) groups is 1. The number of benzene rings is 1. The lowest BCUT2D eigenvalue weighted by Gasteiger charge is -2.34. The largest absolute Gasteiger partial charge is 0.492 e. The van der Waals surface area contributed by atoms with E-state index in [0.717, 1.165) is 25.4 Å². The van der Waals surface area contributed by atoms with Gasteiger partial charge in [0.2, 0.25) is 5.91 Å². The number of ether oxygens (including phenoxy) is 1. The van der Waals surface area contributed by atoms with Crippen LogP contribution in [0.5, 0.6) is 5.75 Å². The molecule has 9 heteroatoms. The van der Waals surface area contributed by atoms with Crippen LogP contribution in [0.2, 0.25) is 5.02 Å². The molecule has 28 heavy (non-hydrogen) atoms. The average molecular weight is 406 g/mol. The number of nitrogens with zero attached hydrogens (tertiary/aromatic N) is 3. The van der Waals surface area contributed by atoms with Crippen LogP contribution in [-0.4, -0.2) is 60.0 Å². The smallest absolute Gasteiger partial charge is 0.433 e. The van der Waals surface area contributed by atoms with Gasteiger partial charge in [-0.25, -0.2) is 0 Å². The van der Waals surface area contributed by atoms with Crippen molar-refractivity contribution in [3.8, 4) is 5.75 Å². The van der Waals surface area contributed by atoms with Gasteiger partial charge in [-0.05, 0) is 36.4 Å². The van der Waals surface area contributed by atoms with Gasteiger partial charge in [-0.1, -0.05) is 11.6 Å². The van der Waals surface area contributed by atoms with E-state index in [-0.39, 0.29) is 17.6 Å². The molecule has 2 heterocycles.